The van der Waals surface area contributed by atoms with Gasteiger partial charge in [-0.05, 0) is 29.8 Å². The van der Waals surface area contributed by atoms with Gasteiger partial charge in [0.1, 0.15) is 5.75 Å². The third-order valence-corrected chi connectivity index (χ3v) is 3.61. The van der Waals surface area contributed by atoms with Crippen LogP contribution in [-0.4, -0.2) is 11.8 Å². The molecule has 0 spiro atoms. The zero-order valence-corrected chi connectivity index (χ0v) is 14.0. The maximum atomic E-state index is 12.2. The fourth-order valence-electron chi connectivity index (χ4n) is 2.31. The van der Waals surface area contributed by atoms with Gasteiger partial charge in [0.15, 0.2) is 5.75 Å². The zero-order valence-electron chi connectivity index (χ0n) is 14.0. The van der Waals surface area contributed by atoms with Crippen molar-refractivity contribution in [3.8, 4) is 11.5 Å². The van der Waals surface area contributed by atoms with Gasteiger partial charge in [-0.1, -0.05) is 60.7 Å². The number of amides is 2. The van der Waals surface area contributed by atoms with Crippen molar-refractivity contribution in [3.63, 3.8) is 0 Å². The number of nitrogens with one attached hydrogen (secondary N) is 2. The van der Waals surface area contributed by atoms with Crippen LogP contribution in [0.2, 0.25) is 0 Å². The third-order valence-electron chi connectivity index (χ3n) is 3.61. The van der Waals surface area contributed by atoms with E-state index in [1.165, 1.54) is 0 Å². The summed E-state index contributed by atoms with van der Waals surface area (Å²) in [5.74, 6) is -0.348. The molecule has 0 unspecified atom stereocenters. The Balaban J connectivity index is 1.63. The van der Waals surface area contributed by atoms with Crippen LogP contribution in [0.15, 0.2) is 84.9 Å². The molecule has 0 fully saturated rings. The number of para-hydroxylation sites is 3. The number of benzene rings is 3. The summed E-state index contributed by atoms with van der Waals surface area (Å²) in [6.45, 7) is 0.287. The first-order valence-electron chi connectivity index (χ1n) is 8.17. The van der Waals surface area contributed by atoms with Gasteiger partial charge in [-0.15, -0.1) is 0 Å². The van der Waals surface area contributed by atoms with Gasteiger partial charge in [-0.3, -0.25) is 9.59 Å². The van der Waals surface area contributed by atoms with Crippen LogP contribution >= 0.6 is 0 Å². The molecule has 26 heavy (non-hydrogen) atoms. The average molecular weight is 346 g/mol. The van der Waals surface area contributed by atoms with Crippen molar-refractivity contribution in [2.24, 2.45) is 0 Å². The summed E-state index contributed by atoms with van der Waals surface area (Å²) in [4.78, 5) is 24.2. The number of anilines is 1. The Kier molecular flexibility index (Phi) is 5.62. The number of hydrogen-bond acceptors (Lipinski definition) is 3. The molecule has 0 aliphatic carbocycles. The quantitative estimate of drug-likeness (QED) is 0.692. The van der Waals surface area contributed by atoms with Crippen LogP contribution in [0.1, 0.15) is 5.56 Å². The molecule has 3 aromatic carbocycles. The SMILES string of the molecule is O=C(NCc1ccccc1)C(=O)Nc1ccccc1Oc1ccccc1. The first-order chi connectivity index (χ1) is 12.7. The van der Waals surface area contributed by atoms with E-state index >= 15 is 0 Å². The summed E-state index contributed by atoms with van der Waals surface area (Å²) < 4.78 is 5.77. The normalized spacial score (nSPS) is 10.0. The minimum Gasteiger partial charge on any atom is -0.455 e. The maximum Gasteiger partial charge on any atom is 0.313 e. The van der Waals surface area contributed by atoms with Crippen LogP contribution in [0.3, 0.4) is 0 Å². The summed E-state index contributed by atoms with van der Waals surface area (Å²) in [6.07, 6.45) is 0. The molecule has 2 N–H and O–H groups in total. The standard InChI is InChI=1S/C21H18N2O3/c24-20(22-15-16-9-3-1-4-10-16)21(25)23-18-13-7-8-14-19(18)26-17-11-5-2-6-12-17/h1-14H,15H2,(H,22,24)(H,23,25). The Morgan fingerprint density at radius 3 is 2.08 bits per heavy atom. The molecule has 3 aromatic rings. The predicted octanol–water partition coefficient (Wildman–Crippen LogP) is 3.73. The zero-order chi connectivity index (χ0) is 18.2. The maximum absolute atomic E-state index is 12.2. The molecule has 2 amide bonds. The Morgan fingerprint density at radius 1 is 0.731 bits per heavy atom. The fourth-order valence-corrected chi connectivity index (χ4v) is 2.31. The van der Waals surface area contributed by atoms with Gasteiger partial charge in [-0.2, -0.15) is 0 Å². The summed E-state index contributed by atoms with van der Waals surface area (Å²) in [6, 6.07) is 25.6. The Hall–Kier alpha value is -3.60. The first-order valence-corrected chi connectivity index (χ1v) is 8.17. The Bertz CT molecular complexity index is 880. The van der Waals surface area contributed by atoms with Crippen LogP contribution in [0.25, 0.3) is 0 Å². The lowest BCUT2D eigenvalue weighted by Crippen LogP contribution is -2.35. The number of ether oxygens (including phenoxy) is 1. The molecule has 130 valence electrons. The lowest BCUT2D eigenvalue weighted by Gasteiger charge is -2.12. The number of carbonyl (C=O) groups is 2. The molecule has 0 radical (unpaired) electrons. The van der Waals surface area contributed by atoms with Gasteiger partial charge < -0.3 is 15.4 Å². The monoisotopic (exact) mass is 346 g/mol. The van der Waals surface area contributed by atoms with Gasteiger partial charge in [0, 0.05) is 6.54 Å². The Morgan fingerprint density at radius 2 is 1.35 bits per heavy atom. The summed E-state index contributed by atoms with van der Waals surface area (Å²) in [7, 11) is 0. The van der Waals surface area contributed by atoms with Crippen LogP contribution in [0.4, 0.5) is 5.69 Å². The second-order valence-electron chi connectivity index (χ2n) is 5.53. The van der Waals surface area contributed by atoms with Crippen molar-refractivity contribution in [1.29, 1.82) is 0 Å². The average Bonchev–Trinajstić information content (AvgIpc) is 2.69. The van der Waals surface area contributed by atoms with E-state index in [0.717, 1.165) is 5.56 Å². The minimum atomic E-state index is -0.745. The van der Waals surface area contributed by atoms with Crippen molar-refractivity contribution >= 4 is 17.5 Å². The van der Waals surface area contributed by atoms with Gasteiger partial charge >= 0.3 is 11.8 Å². The molecule has 0 aromatic heterocycles. The molecule has 5 nitrogen and oxygen atoms in total. The highest BCUT2D eigenvalue weighted by Gasteiger charge is 2.15. The molecule has 0 saturated heterocycles. The molecule has 0 aliphatic heterocycles. The van der Waals surface area contributed by atoms with Crippen molar-refractivity contribution in [2.45, 2.75) is 6.54 Å². The molecule has 0 aliphatic rings. The summed E-state index contributed by atoms with van der Waals surface area (Å²) >= 11 is 0. The van der Waals surface area contributed by atoms with Crippen molar-refractivity contribution in [1.82, 2.24) is 5.32 Å². The third kappa shape index (κ3) is 4.70. The highest BCUT2D eigenvalue weighted by molar-refractivity contribution is 6.39. The van der Waals surface area contributed by atoms with E-state index in [1.807, 2.05) is 60.7 Å². The smallest absolute Gasteiger partial charge is 0.313 e. The van der Waals surface area contributed by atoms with Gasteiger partial charge in [0.2, 0.25) is 0 Å². The van der Waals surface area contributed by atoms with Crippen molar-refractivity contribution in [3.05, 3.63) is 90.5 Å². The minimum absolute atomic E-state index is 0.287. The van der Waals surface area contributed by atoms with E-state index in [9.17, 15) is 9.59 Å². The highest BCUT2D eigenvalue weighted by atomic mass is 16.5. The number of carbonyl (C=O) groups excluding carboxylic acids is 2. The van der Waals surface area contributed by atoms with E-state index in [1.54, 1.807) is 24.3 Å². The van der Waals surface area contributed by atoms with Crippen LogP contribution in [0, 0.1) is 0 Å². The molecule has 3 rings (SSSR count). The lowest BCUT2D eigenvalue weighted by atomic mass is 10.2. The van der Waals surface area contributed by atoms with E-state index in [-0.39, 0.29) is 6.54 Å². The van der Waals surface area contributed by atoms with Gasteiger partial charge in [0.25, 0.3) is 0 Å². The van der Waals surface area contributed by atoms with Crippen molar-refractivity contribution < 1.29 is 14.3 Å². The molecule has 0 heterocycles. The van der Waals surface area contributed by atoms with Crippen LogP contribution in [-0.2, 0) is 16.1 Å². The largest absolute Gasteiger partial charge is 0.455 e. The molecule has 0 bridgehead atoms. The first kappa shape index (κ1) is 17.2. The van der Waals surface area contributed by atoms with E-state index in [2.05, 4.69) is 10.6 Å². The van der Waals surface area contributed by atoms with E-state index < -0.39 is 11.8 Å². The van der Waals surface area contributed by atoms with E-state index in [4.69, 9.17) is 4.74 Å². The van der Waals surface area contributed by atoms with Gasteiger partial charge in [-0.25, -0.2) is 0 Å². The molecule has 0 saturated carbocycles. The highest BCUT2D eigenvalue weighted by Crippen LogP contribution is 2.28. The summed E-state index contributed by atoms with van der Waals surface area (Å²) in [5.41, 5.74) is 1.35. The van der Waals surface area contributed by atoms with Crippen molar-refractivity contribution in [2.75, 3.05) is 5.32 Å². The second-order valence-corrected chi connectivity index (χ2v) is 5.53. The Labute approximate surface area is 151 Å². The molecule has 5 heteroatoms. The predicted molar refractivity (Wildman–Crippen MR) is 99.9 cm³/mol. The molecule has 0 atom stereocenters. The molecular weight excluding hydrogens is 328 g/mol. The second kappa shape index (κ2) is 8.48. The lowest BCUT2D eigenvalue weighted by molar-refractivity contribution is -0.136. The molecular formula is C21H18N2O3. The fraction of sp³-hybridized carbons (Fsp3) is 0.0476. The number of hydrogen-bond donors (Lipinski definition) is 2. The van der Waals surface area contributed by atoms with Gasteiger partial charge in [0.05, 0.1) is 5.69 Å². The topological polar surface area (TPSA) is 67.4 Å². The van der Waals surface area contributed by atoms with Crippen LogP contribution in [0.5, 0.6) is 11.5 Å². The van der Waals surface area contributed by atoms with Crippen LogP contribution < -0.4 is 15.4 Å². The summed E-state index contributed by atoms with van der Waals surface area (Å²) in [5, 5.41) is 5.19. The number of rotatable bonds is 5. The van der Waals surface area contributed by atoms with E-state index in [0.29, 0.717) is 17.2 Å².